The van der Waals surface area contributed by atoms with E-state index in [-0.39, 0.29) is 17.6 Å². The maximum Gasteiger partial charge on any atom is 0.143 e. The minimum Gasteiger partial charge on any atom is -0.392 e. The lowest BCUT2D eigenvalue weighted by Gasteiger charge is -2.49. The first-order valence-electron chi connectivity index (χ1n) is 6.79. The maximum absolute atomic E-state index is 9.82. The minimum atomic E-state index is -0.237. The van der Waals surface area contributed by atoms with Crippen LogP contribution < -0.4 is 5.32 Å². The Labute approximate surface area is 112 Å². The van der Waals surface area contributed by atoms with Crippen molar-refractivity contribution in [2.24, 2.45) is 5.41 Å². The number of aromatic nitrogens is 3. The molecule has 5 heteroatoms. The predicted molar refractivity (Wildman–Crippen MR) is 75.1 cm³/mol. The molecule has 5 nitrogen and oxygen atoms in total. The van der Waals surface area contributed by atoms with E-state index in [1.165, 1.54) is 5.56 Å². The third-order valence-corrected chi connectivity index (χ3v) is 4.46. The van der Waals surface area contributed by atoms with Crippen LogP contribution in [0.3, 0.4) is 0 Å². The molecular weight excluding hydrogens is 240 g/mol. The number of aryl methyl sites for hydroxylation is 1. The molecular formula is C14H20N4O. The van der Waals surface area contributed by atoms with Gasteiger partial charge >= 0.3 is 0 Å². The van der Waals surface area contributed by atoms with E-state index in [0.717, 1.165) is 29.7 Å². The van der Waals surface area contributed by atoms with Crippen LogP contribution in [0.15, 0.2) is 12.5 Å². The average molecular weight is 260 g/mol. The van der Waals surface area contributed by atoms with Crippen molar-refractivity contribution < 1.29 is 5.11 Å². The van der Waals surface area contributed by atoms with E-state index in [1.807, 2.05) is 6.20 Å². The summed E-state index contributed by atoms with van der Waals surface area (Å²) in [6.07, 6.45) is 5.04. The van der Waals surface area contributed by atoms with Crippen LogP contribution >= 0.6 is 0 Å². The van der Waals surface area contributed by atoms with Crippen LogP contribution in [0.4, 0.5) is 5.82 Å². The summed E-state index contributed by atoms with van der Waals surface area (Å²) in [4.78, 5) is 11.8. The summed E-state index contributed by atoms with van der Waals surface area (Å²) < 4.78 is 0. The van der Waals surface area contributed by atoms with Crippen molar-refractivity contribution >= 4 is 16.9 Å². The molecule has 0 bridgehead atoms. The van der Waals surface area contributed by atoms with E-state index in [2.05, 4.69) is 41.0 Å². The van der Waals surface area contributed by atoms with E-state index in [4.69, 9.17) is 0 Å². The molecule has 2 aromatic heterocycles. The molecule has 3 rings (SSSR count). The van der Waals surface area contributed by atoms with Crippen LogP contribution in [0.5, 0.6) is 0 Å². The number of fused-ring (bicyclic) bond motifs is 1. The molecule has 0 spiro atoms. The topological polar surface area (TPSA) is 73.8 Å². The second kappa shape index (κ2) is 4.20. The van der Waals surface area contributed by atoms with Gasteiger partial charge in [-0.15, -0.1) is 0 Å². The summed E-state index contributed by atoms with van der Waals surface area (Å²) in [5.74, 6) is 0.869. The van der Waals surface area contributed by atoms with Crippen molar-refractivity contribution in [3.05, 3.63) is 18.1 Å². The fourth-order valence-electron chi connectivity index (χ4n) is 2.73. The first kappa shape index (κ1) is 12.4. The summed E-state index contributed by atoms with van der Waals surface area (Å²) in [6, 6.07) is 0.250. The van der Waals surface area contributed by atoms with E-state index in [1.54, 1.807) is 6.33 Å². The Morgan fingerprint density at radius 2 is 2.26 bits per heavy atom. The summed E-state index contributed by atoms with van der Waals surface area (Å²) in [7, 11) is 0. The standard InChI is InChI=1S/C14H20N4O/c1-4-8-6-15-12-11(8)13(17-7-16-12)18-9-5-10(19)14(9,2)3/h6-7,9-10,19H,4-5H2,1-3H3,(H2,15,16,17,18). The van der Waals surface area contributed by atoms with Crippen molar-refractivity contribution in [1.29, 1.82) is 0 Å². The summed E-state index contributed by atoms with van der Waals surface area (Å²) in [6.45, 7) is 6.28. The van der Waals surface area contributed by atoms with Gasteiger partial charge in [-0.05, 0) is 18.4 Å². The third-order valence-electron chi connectivity index (χ3n) is 4.46. The lowest BCUT2D eigenvalue weighted by Crippen LogP contribution is -2.57. The van der Waals surface area contributed by atoms with Gasteiger partial charge in [-0.3, -0.25) is 0 Å². The minimum absolute atomic E-state index is 0.111. The Morgan fingerprint density at radius 3 is 2.89 bits per heavy atom. The summed E-state index contributed by atoms with van der Waals surface area (Å²) >= 11 is 0. The van der Waals surface area contributed by atoms with Crippen molar-refractivity contribution in [2.45, 2.75) is 45.8 Å². The highest BCUT2D eigenvalue weighted by Crippen LogP contribution is 2.42. The molecule has 0 amide bonds. The molecule has 0 aromatic carbocycles. The largest absolute Gasteiger partial charge is 0.392 e. The second-order valence-corrected chi connectivity index (χ2v) is 5.88. The van der Waals surface area contributed by atoms with Gasteiger partial charge in [-0.25, -0.2) is 9.97 Å². The Morgan fingerprint density at radius 1 is 1.47 bits per heavy atom. The number of hydrogen-bond donors (Lipinski definition) is 3. The number of H-pyrrole nitrogens is 1. The van der Waals surface area contributed by atoms with Crippen molar-refractivity contribution in [1.82, 2.24) is 15.0 Å². The fraction of sp³-hybridized carbons (Fsp3) is 0.571. The zero-order valence-electron chi connectivity index (χ0n) is 11.6. The van der Waals surface area contributed by atoms with Gasteiger partial charge < -0.3 is 15.4 Å². The number of nitrogens with zero attached hydrogens (tertiary/aromatic N) is 2. The highest BCUT2D eigenvalue weighted by Gasteiger charge is 2.47. The SMILES string of the molecule is CCc1c[nH]c2ncnc(NC3CC(O)C3(C)C)c12. The predicted octanol–water partition coefficient (Wildman–Crippen LogP) is 2.09. The Balaban J connectivity index is 1.95. The molecule has 0 saturated heterocycles. The highest BCUT2D eigenvalue weighted by molar-refractivity contribution is 5.90. The van der Waals surface area contributed by atoms with Crippen molar-refractivity contribution in [2.75, 3.05) is 5.32 Å². The normalized spacial score (nSPS) is 25.3. The molecule has 2 heterocycles. The van der Waals surface area contributed by atoms with Crippen molar-refractivity contribution in [3.63, 3.8) is 0 Å². The molecule has 2 aromatic rings. The van der Waals surface area contributed by atoms with Crippen LogP contribution in [0.2, 0.25) is 0 Å². The van der Waals surface area contributed by atoms with Crippen LogP contribution in [-0.2, 0) is 6.42 Å². The van der Waals surface area contributed by atoms with Crippen LogP contribution in [0.1, 0.15) is 32.8 Å². The van der Waals surface area contributed by atoms with Gasteiger partial charge in [0.25, 0.3) is 0 Å². The molecule has 102 valence electrons. The van der Waals surface area contributed by atoms with Crippen LogP contribution in [0, 0.1) is 5.41 Å². The number of aliphatic hydroxyl groups excluding tert-OH is 1. The molecule has 2 atom stereocenters. The highest BCUT2D eigenvalue weighted by atomic mass is 16.3. The molecule has 2 unspecified atom stereocenters. The zero-order chi connectivity index (χ0) is 13.6. The van der Waals surface area contributed by atoms with Gasteiger partial charge in [0.15, 0.2) is 0 Å². The molecule has 1 aliphatic rings. The second-order valence-electron chi connectivity index (χ2n) is 5.88. The summed E-state index contributed by atoms with van der Waals surface area (Å²) in [5, 5.41) is 14.4. The monoisotopic (exact) mass is 260 g/mol. The van der Waals surface area contributed by atoms with Crippen LogP contribution in [-0.4, -0.2) is 32.2 Å². The third kappa shape index (κ3) is 1.80. The fourth-order valence-corrected chi connectivity index (χ4v) is 2.73. The average Bonchev–Trinajstić information content (AvgIpc) is 2.82. The smallest absolute Gasteiger partial charge is 0.143 e. The molecule has 1 aliphatic carbocycles. The Bertz CT molecular complexity index is 605. The number of aromatic amines is 1. The number of hydrogen-bond acceptors (Lipinski definition) is 4. The van der Waals surface area contributed by atoms with E-state index in [0.29, 0.717) is 0 Å². The van der Waals surface area contributed by atoms with Gasteiger partial charge in [-0.2, -0.15) is 0 Å². The molecule has 3 N–H and O–H groups in total. The summed E-state index contributed by atoms with van der Waals surface area (Å²) in [5.41, 5.74) is 1.97. The number of aliphatic hydroxyl groups is 1. The quantitative estimate of drug-likeness (QED) is 0.790. The Hall–Kier alpha value is -1.62. The van der Waals surface area contributed by atoms with Gasteiger partial charge in [0.2, 0.25) is 0 Å². The Kier molecular flexibility index (Phi) is 2.74. The lowest BCUT2D eigenvalue weighted by atomic mass is 9.64. The molecule has 0 aliphatic heterocycles. The first-order valence-corrected chi connectivity index (χ1v) is 6.79. The van der Waals surface area contributed by atoms with E-state index in [9.17, 15) is 5.11 Å². The molecule has 0 radical (unpaired) electrons. The zero-order valence-corrected chi connectivity index (χ0v) is 11.6. The van der Waals surface area contributed by atoms with Gasteiger partial charge in [-0.1, -0.05) is 20.8 Å². The van der Waals surface area contributed by atoms with Crippen molar-refractivity contribution in [3.8, 4) is 0 Å². The van der Waals surface area contributed by atoms with Gasteiger partial charge in [0, 0.05) is 17.7 Å². The number of nitrogens with one attached hydrogen (secondary N) is 2. The number of rotatable bonds is 3. The van der Waals surface area contributed by atoms with E-state index < -0.39 is 0 Å². The van der Waals surface area contributed by atoms with Crippen LogP contribution in [0.25, 0.3) is 11.0 Å². The first-order chi connectivity index (χ1) is 9.04. The lowest BCUT2D eigenvalue weighted by molar-refractivity contribution is -0.0511. The van der Waals surface area contributed by atoms with Gasteiger partial charge in [0.05, 0.1) is 11.5 Å². The number of anilines is 1. The van der Waals surface area contributed by atoms with E-state index >= 15 is 0 Å². The maximum atomic E-state index is 9.82. The molecule has 1 fully saturated rings. The van der Waals surface area contributed by atoms with Gasteiger partial charge in [0.1, 0.15) is 17.8 Å². The molecule has 1 saturated carbocycles. The molecule has 19 heavy (non-hydrogen) atoms.